The minimum absolute atomic E-state index is 0.0937. The summed E-state index contributed by atoms with van der Waals surface area (Å²) < 4.78 is 4.96. The van der Waals surface area contributed by atoms with Crippen molar-refractivity contribution in [1.29, 1.82) is 0 Å². The third-order valence-corrected chi connectivity index (χ3v) is 1.93. The van der Waals surface area contributed by atoms with Gasteiger partial charge in [-0.1, -0.05) is 11.6 Å². The normalized spacial score (nSPS) is 12.8. The van der Waals surface area contributed by atoms with Gasteiger partial charge in [-0.3, -0.25) is 0 Å². The number of halogens is 1. The Bertz CT molecular complexity index is 281. The number of aliphatic hydroxyl groups is 1. The zero-order valence-corrected chi connectivity index (χ0v) is 8.66. The summed E-state index contributed by atoms with van der Waals surface area (Å²) in [4.78, 5) is 0. The van der Waals surface area contributed by atoms with E-state index in [4.69, 9.17) is 16.3 Å². The third kappa shape index (κ3) is 3.54. The Morgan fingerprint density at radius 1 is 1.43 bits per heavy atom. The molecule has 1 aromatic rings. The van der Waals surface area contributed by atoms with E-state index in [9.17, 15) is 10.2 Å². The molecule has 4 heteroatoms. The molecule has 1 atom stereocenters. The fraction of sp³-hybridized carbons (Fsp3) is 0.400. The summed E-state index contributed by atoms with van der Waals surface area (Å²) in [5.41, 5.74) is 0.746. The Kier molecular flexibility index (Phi) is 4.20. The molecule has 0 aliphatic carbocycles. The zero-order valence-electron chi connectivity index (χ0n) is 7.90. The molecule has 0 radical (unpaired) electrons. The smallest absolute Gasteiger partial charge is 0.158 e. The van der Waals surface area contributed by atoms with Crippen LogP contribution in [-0.2, 0) is 11.2 Å². The van der Waals surface area contributed by atoms with Gasteiger partial charge in [-0.05, 0) is 30.7 Å². The molecule has 1 aromatic carbocycles. The van der Waals surface area contributed by atoms with Gasteiger partial charge in [0.1, 0.15) is 5.75 Å². The molecule has 0 saturated carbocycles. The van der Waals surface area contributed by atoms with Crippen LogP contribution in [0.15, 0.2) is 18.2 Å². The van der Waals surface area contributed by atoms with Crippen molar-refractivity contribution in [3.8, 4) is 5.75 Å². The molecule has 0 heterocycles. The van der Waals surface area contributed by atoms with Gasteiger partial charge < -0.3 is 14.9 Å². The van der Waals surface area contributed by atoms with E-state index in [2.05, 4.69) is 0 Å². The van der Waals surface area contributed by atoms with Crippen LogP contribution in [0.1, 0.15) is 12.5 Å². The van der Waals surface area contributed by atoms with Gasteiger partial charge in [-0.15, -0.1) is 0 Å². The predicted molar refractivity (Wildman–Crippen MR) is 54.5 cm³/mol. The maximum Gasteiger partial charge on any atom is 0.158 e. The van der Waals surface area contributed by atoms with Crippen LogP contribution in [0.3, 0.4) is 0 Å². The van der Waals surface area contributed by atoms with Crippen molar-refractivity contribution >= 4 is 11.6 Å². The topological polar surface area (TPSA) is 49.7 Å². The molecule has 0 spiro atoms. The Labute approximate surface area is 87.9 Å². The fourth-order valence-electron chi connectivity index (χ4n) is 1.20. The van der Waals surface area contributed by atoms with E-state index in [1.165, 1.54) is 6.07 Å². The van der Waals surface area contributed by atoms with Gasteiger partial charge >= 0.3 is 0 Å². The number of aromatic hydroxyl groups is 1. The summed E-state index contributed by atoms with van der Waals surface area (Å²) in [6.07, 6.45) is -0.528. The molecule has 0 bridgehead atoms. The van der Waals surface area contributed by atoms with Crippen molar-refractivity contribution in [2.75, 3.05) is 6.61 Å². The lowest BCUT2D eigenvalue weighted by Gasteiger charge is -2.10. The first-order valence-electron chi connectivity index (χ1n) is 4.40. The first-order chi connectivity index (χ1) is 6.61. The van der Waals surface area contributed by atoms with E-state index in [1.807, 2.05) is 0 Å². The SMILES string of the molecule is CCOC(O)Cc1cc(O)cc(Cl)c1. The summed E-state index contributed by atoms with van der Waals surface area (Å²) in [5, 5.41) is 19.0. The maximum absolute atomic E-state index is 9.34. The number of rotatable bonds is 4. The molecule has 78 valence electrons. The largest absolute Gasteiger partial charge is 0.508 e. The van der Waals surface area contributed by atoms with Gasteiger partial charge in [0, 0.05) is 18.1 Å². The first-order valence-corrected chi connectivity index (χ1v) is 4.77. The number of ether oxygens (including phenoxy) is 1. The second kappa shape index (κ2) is 5.20. The third-order valence-electron chi connectivity index (χ3n) is 1.71. The minimum Gasteiger partial charge on any atom is -0.508 e. The van der Waals surface area contributed by atoms with Crippen LogP contribution in [0.2, 0.25) is 5.02 Å². The van der Waals surface area contributed by atoms with Gasteiger partial charge in [0.05, 0.1) is 0 Å². The zero-order chi connectivity index (χ0) is 10.6. The van der Waals surface area contributed by atoms with Gasteiger partial charge in [-0.25, -0.2) is 0 Å². The van der Waals surface area contributed by atoms with Crippen LogP contribution in [0, 0.1) is 0 Å². The lowest BCUT2D eigenvalue weighted by Crippen LogP contribution is -2.14. The van der Waals surface area contributed by atoms with Crippen LogP contribution in [0.4, 0.5) is 0 Å². The van der Waals surface area contributed by atoms with Gasteiger partial charge in [0.15, 0.2) is 6.29 Å². The highest BCUT2D eigenvalue weighted by atomic mass is 35.5. The van der Waals surface area contributed by atoms with Crippen LogP contribution in [-0.4, -0.2) is 23.1 Å². The summed E-state index contributed by atoms with van der Waals surface area (Å²) in [6, 6.07) is 4.68. The number of hydrogen-bond acceptors (Lipinski definition) is 3. The number of phenolic OH excluding ortho intramolecular Hbond substituents is 1. The van der Waals surface area contributed by atoms with E-state index in [0.29, 0.717) is 18.1 Å². The van der Waals surface area contributed by atoms with Crippen LogP contribution < -0.4 is 0 Å². The van der Waals surface area contributed by atoms with Crippen molar-refractivity contribution in [2.24, 2.45) is 0 Å². The molecule has 3 nitrogen and oxygen atoms in total. The minimum atomic E-state index is -0.849. The standard InChI is InChI=1S/C10H13ClO3/c1-2-14-10(13)5-7-3-8(11)6-9(12)4-7/h3-4,6,10,12-13H,2,5H2,1H3. The molecular weight excluding hydrogens is 204 g/mol. The number of phenols is 1. The highest BCUT2D eigenvalue weighted by molar-refractivity contribution is 6.30. The first kappa shape index (κ1) is 11.3. The van der Waals surface area contributed by atoms with E-state index in [-0.39, 0.29) is 5.75 Å². The summed E-state index contributed by atoms with van der Waals surface area (Å²) >= 11 is 5.73. The fourth-order valence-corrected chi connectivity index (χ4v) is 1.46. The number of benzene rings is 1. The highest BCUT2D eigenvalue weighted by Gasteiger charge is 2.06. The molecule has 0 saturated heterocycles. The second-order valence-electron chi connectivity index (χ2n) is 2.93. The average Bonchev–Trinajstić information content (AvgIpc) is 2.01. The maximum atomic E-state index is 9.34. The predicted octanol–water partition coefficient (Wildman–Crippen LogP) is 1.94. The van der Waals surface area contributed by atoms with Crippen molar-refractivity contribution in [3.63, 3.8) is 0 Å². The van der Waals surface area contributed by atoms with Crippen molar-refractivity contribution in [1.82, 2.24) is 0 Å². The van der Waals surface area contributed by atoms with Gasteiger partial charge in [0.2, 0.25) is 0 Å². The van der Waals surface area contributed by atoms with Crippen molar-refractivity contribution in [2.45, 2.75) is 19.6 Å². The molecule has 1 unspecified atom stereocenters. The van der Waals surface area contributed by atoms with Gasteiger partial charge in [0.25, 0.3) is 0 Å². The Hall–Kier alpha value is -0.770. The van der Waals surface area contributed by atoms with Crippen LogP contribution in [0.5, 0.6) is 5.75 Å². The molecule has 0 aromatic heterocycles. The monoisotopic (exact) mass is 216 g/mol. The Balaban J connectivity index is 2.66. The number of aliphatic hydroxyl groups excluding tert-OH is 1. The van der Waals surface area contributed by atoms with E-state index in [0.717, 1.165) is 5.56 Å². The Morgan fingerprint density at radius 2 is 2.14 bits per heavy atom. The van der Waals surface area contributed by atoms with E-state index in [1.54, 1.807) is 19.1 Å². The van der Waals surface area contributed by atoms with E-state index >= 15 is 0 Å². The molecule has 0 aliphatic rings. The lowest BCUT2D eigenvalue weighted by molar-refractivity contribution is -0.0927. The number of hydrogen-bond donors (Lipinski definition) is 2. The molecule has 0 amide bonds. The van der Waals surface area contributed by atoms with Crippen LogP contribution >= 0.6 is 11.6 Å². The second-order valence-corrected chi connectivity index (χ2v) is 3.37. The quantitative estimate of drug-likeness (QED) is 0.757. The van der Waals surface area contributed by atoms with E-state index < -0.39 is 6.29 Å². The molecule has 14 heavy (non-hydrogen) atoms. The Morgan fingerprint density at radius 3 is 2.71 bits per heavy atom. The van der Waals surface area contributed by atoms with Crippen molar-refractivity contribution < 1.29 is 14.9 Å². The van der Waals surface area contributed by atoms with Crippen LogP contribution in [0.25, 0.3) is 0 Å². The average molecular weight is 217 g/mol. The molecule has 1 rings (SSSR count). The lowest BCUT2D eigenvalue weighted by atomic mass is 10.1. The molecule has 0 fully saturated rings. The summed E-state index contributed by atoms with van der Waals surface area (Å²) in [7, 11) is 0. The molecular formula is C10H13ClO3. The highest BCUT2D eigenvalue weighted by Crippen LogP contribution is 2.20. The summed E-state index contributed by atoms with van der Waals surface area (Å²) in [6.45, 7) is 2.26. The van der Waals surface area contributed by atoms with Crippen molar-refractivity contribution in [3.05, 3.63) is 28.8 Å². The van der Waals surface area contributed by atoms with Gasteiger partial charge in [-0.2, -0.15) is 0 Å². The summed E-state index contributed by atoms with van der Waals surface area (Å²) in [5.74, 6) is 0.0937. The molecule has 2 N–H and O–H groups in total. The molecule has 0 aliphatic heterocycles.